The maximum atomic E-state index is 12.4. The van der Waals surface area contributed by atoms with Crippen LogP contribution in [-0.4, -0.2) is 12.5 Å². The van der Waals surface area contributed by atoms with Gasteiger partial charge in [0.1, 0.15) is 17.4 Å². The van der Waals surface area contributed by atoms with Crippen LogP contribution in [-0.2, 0) is 4.79 Å². The predicted octanol–water partition coefficient (Wildman–Crippen LogP) is 6.46. The Morgan fingerprint density at radius 1 is 1.23 bits per heavy atom. The molecule has 8 heteroatoms. The third-order valence-corrected chi connectivity index (χ3v) is 5.08. The number of hydrogen-bond acceptors (Lipinski definition) is 3. The van der Waals surface area contributed by atoms with Crippen LogP contribution in [0.1, 0.15) is 12.5 Å². The Kier molecular flexibility index (Phi) is 7.54. The van der Waals surface area contributed by atoms with Gasteiger partial charge in [-0.15, -0.1) is 0 Å². The van der Waals surface area contributed by atoms with Crippen molar-refractivity contribution in [1.82, 2.24) is 0 Å². The van der Waals surface area contributed by atoms with Crippen LogP contribution in [0, 0.1) is 11.3 Å². The molecule has 0 heterocycles. The molecule has 1 N–H and O–H groups in total. The van der Waals surface area contributed by atoms with Gasteiger partial charge in [-0.2, -0.15) is 5.26 Å². The number of nitrogens with zero attached hydrogens (tertiary/aromatic N) is 1. The highest BCUT2D eigenvalue weighted by atomic mass is 79.9. The minimum Gasteiger partial charge on any atom is -0.492 e. The average Bonchev–Trinajstić information content (AvgIpc) is 2.59. The minimum atomic E-state index is -0.549. The van der Waals surface area contributed by atoms with Crippen molar-refractivity contribution in [2.75, 3.05) is 11.9 Å². The lowest BCUT2D eigenvalue weighted by Crippen LogP contribution is -2.13. The van der Waals surface area contributed by atoms with Gasteiger partial charge in [-0.25, -0.2) is 0 Å². The molecule has 2 aromatic rings. The molecule has 26 heavy (non-hydrogen) atoms. The molecule has 0 fully saturated rings. The van der Waals surface area contributed by atoms with Gasteiger partial charge in [0.15, 0.2) is 0 Å². The van der Waals surface area contributed by atoms with Gasteiger partial charge in [-0.1, -0.05) is 23.2 Å². The highest BCUT2D eigenvalue weighted by Crippen LogP contribution is 2.35. The first-order chi connectivity index (χ1) is 12.3. The van der Waals surface area contributed by atoms with Crippen molar-refractivity contribution in [2.45, 2.75) is 6.92 Å². The van der Waals surface area contributed by atoms with Crippen molar-refractivity contribution < 1.29 is 9.53 Å². The number of rotatable bonds is 5. The number of carbonyl (C=O) groups excluding carboxylic acids is 1. The molecule has 0 bridgehead atoms. The van der Waals surface area contributed by atoms with Gasteiger partial charge in [0.05, 0.1) is 25.6 Å². The maximum Gasteiger partial charge on any atom is 0.266 e. The van der Waals surface area contributed by atoms with Crippen molar-refractivity contribution in [3.05, 3.63) is 60.5 Å². The first kappa shape index (κ1) is 20.8. The van der Waals surface area contributed by atoms with Gasteiger partial charge in [0.25, 0.3) is 5.91 Å². The van der Waals surface area contributed by atoms with Crippen molar-refractivity contribution in [3.63, 3.8) is 0 Å². The van der Waals surface area contributed by atoms with Gasteiger partial charge in [-0.05, 0) is 80.8 Å². The Labute approximate surface area is 178 Å². The summed E-state index contributed by atoms with van der Waals surface area (Å²) in [5.41, 5.74) is 1.05. The SMILES string of the molecule is CCOc1c(Br)cc(/C=C(/C#N)C(=O)Nc2ccc(Cl)c(Cl)c2)cc1Br. The molecule has 4 nitrogen and oxygen atoms in total. The second kappa shape index (κ2) is 9.43. The van der Waals surface area contributed by atoms with E-state index in [4.69, 9.17) is 27.9 Å². The molecule has 0 spiro atoms. The molecule has 0 unspecified atom stereocenters. The number of hydrogen-bond donors (Lipinski definition) is 1. The topological polar surface area (TPSA) is 62.1 Å². The lowest BCUT2D eigenvalue weighted by molar-refractivity contribution is -0.112. The summed E-state index contributed by atoms with van der Waals surface area (Å²) < 4.78 is 6.94. The molecule has 0 radical (unpaired) electrons. The molecular formula is C18H12Br2Cl2N2O2. The van der Waals surface area contributed by atoms with Crippen molar-refractivity contribution >= 4 is 72.7 Å². The van der Waals surface area contributed by atoms with Crippen LogP contribution in [0.3, 0.4) is 0 Å². The Hall–Kier alpha value is -1.52. The zero-order chi connectivity index (χ0) is 19.3. The Morgan fingerprint density at radius 2 is 1.88 bits per heavy atom. The normalized spacial score (nSPS) is 11.0. The van der Waals surface area contributed by atoms with E-state index < -0.39 is 5.91 Å². The van der Waals surface area contributed by atoms with Crippen LogP contribution in [0.2, 0.25) is 10.0 Å². The number of halogens is 4. The van der Waals surface area contributed by atoms with Crippen LogP contribution in [0.25, 0.3) is 6.08 Å². The summed E-state index contributed by atoms with van der Waals surface area (Å²) >= 11 is 18.6. The summed E-state index contributed by atoms with van der Waals surface area (Å²) in [6.45, 7) is 2.40. The van der Waals surface area contributed by atoms with E-state index in [2.05, 4.69) is 37.2 Å². The highest BCUT2D eigenvalue weighted by molar-refractivity contribution is 9.11. The number of anilines is 1. The van der Waals surface area contributed by atoms with E-state index in [1.807, 2.05) is 13.0 Å². The Balaban J connectivity index is 2.28. The molecule has 2 rings (SSSR count). The fourth-order valence-electron chi connectivity index (χ4n) is 2.03. The summed E-state index contributed by atoms with van der Waals surface area (Å²) in [4.78, 5) is 12.4. The molecule has 0 aliphatic carbocycles. The molecule has 0 saturated heterocycles. The number of benzene rings is 2. The zero-order valence-electron chi connectivity index (χ0n) is 13.4. The smallest absolute Gasteiger partial charge is 0.266 e. The molecule has 2 aromatic carbocycles. The second-order valence-corrected chi connectivity index (χ2v) is 7.52. The van der Waals surface area contributed by atoms with E-state index in [0.29, 0.717) is 42.6 Å². The average molecular weight is 519 g/mol. The van der Waals surface area contributed by atoms with E-state index in [0.717, 1.165) is 0 Å². The predicted molar refractivity (Wildman–Crippen MR) is 112 cm³/mol. The number of ether oxygens (including phenoxy) is 1. The standard InChI is InChI=1S/C18H12Br2Cl2N2O2/c1-2-26-17-13(19)6-10(7-14(17)20)5-11(9-23)18(25)24-12-3-4-15(21)16(22)8-12/h3-8H,2H2,1H3,(H,24,25)/b11-5-. The van der Waals surface area contributed by atoms with E-state index in [1.54, 1.807) is 24.3 Å². The maximum absolute atomic E-state index is 12.4. The lowest BCUT2D eigenvalue weighted by Gasteiger charge is -2.10. The van der Waals surface area contributed by atoms with E-state index >= 15 is 0 Å². The molecule has 0 aliphatic rings. The fourth-order valence-corrected chi connectivity index (χ4v) is 3.78. The third kappa shape index (κ3) is 5.24. The molecule has 1 amide bonds. The Morgan fingerprint density at radius 3 is 2.42 bits per heavy atom. The van der Waals surface area contributed by atoms with Crippen LogP contribution < -0.4 is 10.1 Å². The van der Waals surface area contributed by atoms with Gasteiger partial charge in [-0.3, -0.25) is 4.79 Å². The van der Waals surface area contributed by atoms with Crippen molar-refractivity contribution in [3.8, 4) is 11.8 Å². The lowest BCUT2D eigenvalue weighted by atomic mass is 10.1. The van der Waals surface area contributed by atoms with Crippen LogP contribution in [0.5, 0.6) is 5.75 Å². The number of carbonyl (C=O) groups is 1. The largest absolute Gasteiger partial charge is 0.492 e. The summed E-state index contributed by atoms with van der Waals surface area (Å²) in [6.07, 6.45) is 1.48. The van der Waals surface area contributed by atoms with E-state index in [9.17, 15) is 10.1 Å². The van der Waals surface area contributed by atoms with E-state index in [-0.39, 0.29) is 5.57 Å². The van der Waals surface area contributed by atoms with Crippen molar-refractivity contribution in [2.24, 2.45) is 0 Å². The second-order valence-electron chi connectivity index (χ2n) is 5.00. The first-order valence-electron chi connectivity index (χ1n) is 7.35. The molecule has 0 aliphatic heterocycles. The molecular weight excluding hydrogens is 507 g/mol. The first-order valence-corrected chi connectivity index (χ1v) is 9.70. The summed E-state index contributed by atoms with van der Waals surface area (Å²) in [6, 6.07) is 10.1. The number of nitriles is 1. The third-order valence-electron chi connectivity index (χ3n) is 3.16. The quantitative estimate of drug-likeness (QED) is 0.365. The molecule has 0 aromatic heterocycles. The Bertz CT molecular complexity index is 901. The van der Waals surface area contributed by atoms with Crippen LogP contribution in [0.4, 0.5) is 5.69 Å². The molecule has 0 atom stereocenters. The molecule has 0 saturated carbocycles. The van der Waals surface area contributed by atoms with Gasteiger partial charge in [0, 0.05) is 5.69 Å². The highest BCUT2D eigenvalue weighted by Gasteiger charge is 2.13. The minimum absolute atomic E-state index is 0.0565. The van der Waals surface area contributed by atoms with Gasteiger partial charge < -0.3 is 10.1 Å². The summed E-state index contributed by atoms with van der Waals surface area (Å²) in [5, 5.41) is 12.6. The number of amides is 1. The van der Waals surface area contributed by atoms with Crippen molar-refractivity contribution in [1.29, 1.82) is 5.26 Å². The monoisotopic (exact) mass is 516 g/mol. The number of nitrogens with one attached hydrogen (secondary N) is 1. The zero-order valence-corrected chi connectivity index (χ0v) is 18.1. The van der Waals surface area contributed by atoms with Gasteiger partial charge >= 0.3 is 0 Å². The van der Waals surface area contributed by atoms with Gasteiger partial charge in [0.2, 0.25) is 0 Å². The fraction of sp³-hybridized carbons (Fsp3) is 0.111. The van der Waals surface area contributed by atoms with E-state index in [1.165, 1.54) is 12.1 Å². The molecule has 134 valence electrons. The summed E-state index contributed by atoms with van der Waals surface area (Å²) in [5.74, 6) is 0.107. The van der Waals surface area contributed by atoms with Crippen LogP contribution in [0.15, 0.2) is 44.9 Å². The van der Waals surface area contributed by atoms with Crippen LogP contribution >= 0.6 is 55.1 Å². The summed E-state index contributed by atoms with van der Waals surface area (Å²) in [7, 11) is 0.